The summed E-state index contributed by atoms with van der Waals surface area (Å²) in [7, 11) is 0. The zero-order valence-corrected chi connectivity index (χ0v) is 32.6. The fourth-order valence-electron chi connectivity index (χ4n) is 8.98. The Labute approximate surface area is 329 Å². The van der Waals surface area contributed by atoms with Gasteiger partial charge in [-0.2, -0.15) is 0 Å². The van der Waals surface area contributed by atoms with Crippen molar-refractivity contribution in [2.75, 3.05) is 36.0 Å². The molecule has 6 rings (SSSR count). The number of benzene rings is 3. The molecule has 3 aromatic rings. The summed E-state index contributed by atoms with van der Waals surface area (Å²) in [5.41, 5.74) is 1.61. The Kier molecular flexibility index (Phi) is 12.8. The van der Waals surface area contributed by atoms with E-state index in [4.69, 9.17) is 9.47 Å². The number of carbonyl (C=O) groups excluding carboxylic acids is 4. The number of amides is 3. The molecule has 0 saturated carbocycles. The molecule has 3 saturated heterocycles. The van der Waals surface area contributed by atoms with Crippen molar-refractivity contribution in [3.05, 3.63) is 121 Å². The first-order chi connectivity index (χ1) is 27.1. The number of fused-ring (bicyclic) bond motifs is 1. The molecule has 0 unspecified atom stereocenters. The number of aliphatic hydroxyl groups excluding tert-OH is 1. The summed E-state index contributed by atoms with van der Waals surface area (Å²) in [5, 5.41) is 13.9. The van der Waals surface area contributed by atoms with E-state index in [0.717, 1.165) is 18.8 Å². The van der Waals surface area contributed by atoms with Crippen LogP contribution >= 0.6 is 0 Å². The van der Waals surface area contributed by atoms with Crippen LogP contribution in [0.15, 0.2) is 110 Å². The molecular weight excluding hydrogens is 709 g/mol. The van der Waals surface area contributed by atoms with Crippen molar-refractivity contribution in [2.24, 2.45) is 11.8 Å². The number of hydrogen-bond donors (Lipinski definition) is 2. The van der Waals surface area contributed by atoms with Gasteiger partial charge in [0, 0.05) is 37.4 Å². The van der Waals surface area contributed by atoms with E-state index in [-0.39, 0.29) is 18.9 Å². The zero-order chi connectivity index (χ0) is 40.0. The van der Waals surface area contributed by atoms with Crippen LogP contribution in [0.5, 0.6) is 0 Å². The van der Waals surface area contributed by atoms with Gasteiger partial charge in [-0.05, 0) is 75.4 Å². The van der Waals surface area contributed by atoms with Gasteiger partial charge in [-0.3, -0.25) is 19.2 Å². The van der Waals surface area contributed by atoms with Crippen LogP contribution in [0, 0.1) is 11.8 Å². The molecule has 0 aromatic heterocycles. The summed E-state index contributed by atoms with van der Waals surface area (Å²) >= 11 is 0. The Morgan fingerprint density at radius 1 is 0.964 bits per heavy atom. The van der Waals surface area contributed by atoms with Gasteiger partial charge in [-0.1, -0.05) is 72.8 Å². The normalized spacial score (nSPS) is 23.8. The predicted octanol–water partition coefficient (Wildman–Crippen LogP) is 5.92. The number of rotatable bonds is 18. The molecule has 296 valence electrons. The van der Waals surface area contributed by atoms with Crippen molar-refractivity contribution in [3.8, 4) is 0 Å². The fourth-order valence-corrected chi connectivity index (χ4v) is 8.98. The third kappa shape index (κ3) is 7.62. The van der Waals surface area contributed by atoms with Gasteiger partial charge >= 0.3 is 5.97 Å². The average Bonchev–Trinajstić information content (AvgIpc) is 3.87. The second-order valence-electron chi connectivity index (χ2n) is 14.8. The van der Waals surface area contributed by atoms with Gasteiger partial charge in [0.05, 0.1) is 36.6 Å². The van der Waals surface area contributed by atoms with Crippen molar-refractivity contribution < 1.29 is 33.8 Å². The Bertz CT molecular complexity index is 1870. The molecule has 2 bridgehead atoms. The van der Waals surface area contributed by atoms with E-state index in [9.17, 15) is 14.7 Å². The molecule has 11 heteroatoms. The van der Waals surface area contributed by atoms with Gasteiger partial charge in [0.25, 0.3) is 5.91 Å². The molecule has 11 nitrogen and oxygen atoms in total. The molecule has 3 heterocycles. The first-order valence-electron chi connectivity index (χ1n) is 19.7. The molecule has 2 N–H and O–H groups in total. The topological polar surface area (TPSA) is 129 Å². The highest BCUT2D eigenvalue weighted by Gasteiger charge is 2.76. The van der Waals surface area contributed by atoms with Gasteiger partial charge < -0.3 is 34.6 Å². The van der Waals surface area contributed by atoms with Gasteiger partial charge in [0.2, 0.25) is 11.8 Å². The second kappa shape index (κ2) is 17.7. The third-order valence-corrected chi connectivity index (χ3v) is 11.6. The lowest BCUT2D eigenvalue weighted by molar-refractivity contribution is -0.162. The minimum Gasteiger partial charge on any atom is -0.455 e. The SMILES string of the molecule is C=CCCC(=O)N[C@@H](C)[C@H](OC(=O)[C@@H]1[C@@H]2CC[C@]3(O2)[C@H](C(=O)N(CC=C)c2ccc(N(CC)CC)cc2)N([C@H](CO)c2ccccc2)C(=O)[C@@H]13)c1ccccc1. The van der Waals surface area contributed by atoms with Crippen molar-refractivity contribution in [2.45, 2.75) is 82.4 Å². The second-order valence-corrected chi connectivity index (χ2v) is 14.8. The predicted molar refractivity (Wildman–Crippen MR) is 216 cm³/mol. The minimum atomic E-state index is -1.36. The fraction of sp³-hybridized carbons (Fsp3) is 0.422. The number of ether oxygens (including phenoxy) is 2. The van der Waals surface area contributed by atoms with E-state index < -0.39 is 72.2 Å². The van der Waals surface area contributed by atoms with Gasteiger partial charge in [0.1, 0.15) is 17.7 Å². The molecular formula is C45H54N4O7. The molecule has 3 aliphatic rings. The Hall–Kier alpha value is -5.26. The summed E-state index contributed by atoms with van der Waals surface area (Å²) in [4.78, 5) is 63.0. The van der Waals surface area contributed by atoms with Crippen LogP contribution in [0.1, 0.15) is 69.7 Å². The number of nitrogens with one attached hydrogen (secondary N) is 1. The van der Waals surface area contributed by atoms with Gasteiger partial charge in [-0.25, -0.2) is 0 Å². The highest BCUT2D eigenvalue weighted by molar-refractivity contribution is 6.05. The molecule has 0 radical (unpaired) electrons. The summed E-state index contributed by atoms with van der Waals surface area (Å²) in [6, 6.07) is 23.3. The van der Waals surface area contributed by atoms with Crippen molar-refractivity contribution in [3.63, 3.8) is 0 Å². The summed E-state index contributed by atoms with van der Waals surface area (Å²) in [6.45, 7) is 14.9. The number of allylic oxidation sites excluding steroid dienone is 1. The number of aliphatic hydroxyl groups is 1. The third-order valence-electron chi connectivity index (χ3n) is 11.6. The number of anilines is 2. The number of nitrogens with zero attached hydrogens (tertiary/aromatic N) is 3. The monoisotopic (exact) mass is 762 g/mol. The quantitative estimate of drug-likeness (QED) is 0.121. The van der Waals surface area contributed by atoms with Gasteiger partial charge in [-0.15, -0.1) is 13.2 Å². The average molecular weight is 763 g/mol. The number of likely N-dealkylation sites (tertiary alicyclic amines) is 1. The summed E-state index contributed by atoms with van der Waals surface area (Å²) in [5.74, 6) is -3.76. The Morgan fingerprint density at radius 3 is 2.18 bits per heavy atom. The number of hydrogen-bond acceptors (Lipinski definition) is 8. The zero-order valence-electron chi connectivity index (χ0n) is 32.6. The van der Waals surface area contributed by atoms with E-state index in [1.165, 1.54) is 4.90 Å². The van der Waals surface area contributed by atoms with E-state index in [1.807, 2.05) is 84.9 Å². The number of carbonyl (C=O) groups is 4. The molecule has 1 spiro atoms. The summed E-state index contributed by atoms with van der Waals surface area (Å²) in [6.07, 6.45) is 3.30. The Morgan fingerprint density at radius 2 is 1.59 bits per heavy atom. The highest BCUT2D eigenvalue weighted by atomic mass is 16.6. The van der Waals surface area contributed by atoms with E-state index in [2.05, 4.69) is 37.2 Å². The first kappa shape index (κ1) is 40.4. The standard InChI is InChI=1S/C45H54N4O7/c1-6-10-21-37(51)46-30(5)40(32-19-15-12-16-20-32)55-44(54)38-36-26-27-45(56-36)39(38)42(52)49(35(29-50)31-17-13-11-14-18-31)41(45)43(53)48(28-7-2)34-24-22-33(23-25-34)47(8-3)9-4/h6-7,11-20,22-25,30,35-36,38-41,50H,1-2,8-10,21,26-29H2,3-5H3,(H,46,51)/t30-,35+,36-,38+,39+,40-,41-,45+/m0/s1. The van der Waals surface area contributed by atoms with E-state index >= 15 is 9.59 Å². The van der Waals surface area contributed by atoms with Crippen molar-refractivity contribution >= 4 is 35.1 Å². The molecule has 0 aliphatic carbocycles. The van der Waals surface area contributed by atoms with Crippen LogP contribution in [-0.2, 0) is 28.7 Å². The smallest absolute Gasteiger partial charge is 0.313 e. The van der Waals surface area contributed by atoms with Crippen LogP contribution in [0.4, 0.5) is 11.4 Å². The largest absolute Gasteiger partial charge is 0.455 e. The molecule has 3 amide bonds. The van der Waals surface area contributed by atoms with Crippen LogP contribution < -0.4 is 15.1 Å². The van der Waals surface area contributed by atoms with Crippen molar-refractivity contribution in [1.82, 2.24) is 10.2 Å². The maximum atomic E-state index is 15.3. The minimum absolute atomic E-state index is 0.155. The molecule has 8 atom stereocenters. The van der Waals surface area contributed by atoms with Crippen LogP contribution in [0.25, 0.3) is 0 Å². The molecule has 3 fully saturated rings. The lowest BCUT2D eigenvalue weighted by Gasteiger charge is -2.39. The van der Waals surface area contributed by atoms with Crippen LogP contribution in [0.3, 0.4) is 0 Å². The van der Waals surface area contributed by atoms with E-state index in [1.54, 1.807) is 24.0 Å². The molecule has 56 heavy (non-hydrogen) atoms. The highest BCUT2D eigenvalue weighted by Crippen LogP contribution is 2.60. The van der Waals surface area contributed by atoms with Crippen molar-refractivity contribution in [1.29, 1.82) is 0 Å². The van der Waals surface area contributed by atoms with Crippen LogP contribution in [-0.4, -0.2) is 83.7 Å². The first-order valence-corrected chi connectivity index (χ1v) is 19.7. The summed E-state index contributed by atoms with van der Waals surface area (Å²) < 4.78 is 13.1. The maximum Gasteiger partial charge on any atom is 0.313 e. The van der Waals surface area contributed by atoms with E-state index in [0.29, 0.717) is 36.1 Å². The van der Waals surface area contributed by atoms with Gasteiger partial charge in [0.15, 0.2) is 0 Å². The Balaban J connectivity index is 1.38. The van der Waals surface area contributed by atoms with Crippen LogP contribution in [0.2, 0.25) is 0 Å². The number of esters is 1. The lowest BCUT2D eigenvalue weighted by Crippen LogP contribution is -2.57. The lowest BCUT2D eigenvalue weighted by atomic mass is 9.70. The molecule has 3 aromatic carbocycles. The molecule has 3 aliphatic heterocycles. The maximum absolute atomic E-state index is 15.3.